The predicted molar refractivity (Wildman–Crippen MR) is 100.0 cm³/mol. The zero-order chi connectivity index (χ0) is 19.5. The molecule has 1 atom stereocenters. The molecule has 1 N–H and O–H groups in total. The number of nitrogens with one attached hydrogen (secondary N) is 1. The first kappa shape index (κ1) is 17.9. The molecular formula is C19H20N6O3. The minimum Gasteiger partial charge on any atom is -0.454 e. The van der Waals surface area contributed by atoms with E-state index in [-0.39, 0.29) is 19.2 Å². The van der Waals surface area contributed by atoms with E-state index < -0.39 is 6.04 Å². The van der Waals surface area contributed by atoms with Gasteiger partial charge in [0.05, 0.1) is 12.2 Å². The monoisotopic (exact) mass is 380 g/mol. The largest absolute Gasteiger partial charge is 0.454 e. The highest BCUT2D eigenvalue weighted by Crippen LogP contribution is 2.35. The molecule has 9 nitrogen and oxygen atoms in total. The average Bonchev–Trinajstić information content (AvgIpc) is 3.35. The van der Waals surface area contributed by atoms with E-state index in [1.807, 2.05) is 67.5 Å². The van der Waals surface area contributed by atoms with Gasteiger partial charge in [-0.15, -0.1) is 5.10 Å². The summed E-state index contributed by atoms with van der Waals surface area (Å²) in [5, 5.41) is 14.7. The summed E-state index contributed by atoms with van der Waals surface area (Å²) in [6.07, 6.45) is 0. The number of aromatic nitrogens is 4. The van der Waals surface area contributed by atoms with Crippen molar-refractivity contribution < 1.29 is 14.3 Å². The third-order valence-corrected chi connectivity index (χ3v) is 4.43. The maximum atomic E-state index is 12.9. The van der Waals surface area contributed by atoms with Crippen LogP contribution in [0.25, 0.3) is 5.69 Å². The Morgan fingerprint density at radius 1 is 1.18 bits per heavy atom. The van der Waals surface area contributed by atoms with Crippen LogP contribution in [0.15, 0.2) is 48.5 Å². The molecule has 0 aliphatic carbocycles. The molecule has 0 saturated carbocycles. The van der Waals surface area contributed by atoms with Crippen molar-refractivity contribution in [2.45, 2.75) is 12.6 Å². The number of hydrogen-bond acceptors (Lipinski definition) is 7. The van der Waals surface area contributed by atoms with Crippen molar-refractivity contribution >= 4 is 5.91 Å². The van der Waals surface area contributed by atoms with Crippen molar-refractivity contribution in [2.75, 3.05) is 20.9 Å². The summed E-state index contributed by atoms with van der Waals surface area (Å²) in [4.78, 5) is 14.8. The lowest BCUT2D eigenvalue weighted by Gasteiger charge is -2.24. The number of carbonyl (C=O) groups excluding carboxylic acids is 1. The van der Waals surface area contributed by atoms with E-state index in [2.05, 4.69) is 20.8 Å². The van der Waals surface area contributed by atoms with Crippen LogP contribution in [0.2, 0.25) is 0 Å². The standard InChI is InChI=1S/C19H20N6O3/c1-24(2)18(13-8-9-15-16(10-13)28-12-27-15)19(26)20-11-17-21-22-23-25(17)14-6-4-3-5-7-14/h3-10,18H,11-12H2,1-2H3,(H,20,26). The molecule has 1 amide bonds. The summed E-state index contributed by atoms with van der Waals surface area (Å²) in [6, 6.07) is 14.6. The summed E-state index contributed by atoms with van der Waals surface area (Å²) < 4.78 is 12.4. The second-order valence-corrected chi connectivity index (χ2v) is 6.54. The van der Waals surface area contributed by atoms with Crippen molar-refractivity contribution in [3.05, 3.63) is 59.9 Å². The average molecular weight is 380 g/mol. The smallest absolute Gasteiger partial charge is 0.242 e. The fourth-order valence-electron chi connectivity index (χ4n) is 3.12. The Kier molecular flexibility index (Phi) is 4.90. The lowest BCUT2D eigenvalue weighted by atomic mass is 10.0. The highest BCUT2D eigenvalue weighted by molar-refractivity contribution is 5.83. The Labute approximate surface area is 161 Å². The molecule has 0 bridgehead atoms. The van der Waals surface area contributed by atoms with Gasteiger partial charge in [0.25, 0.3) is 0 Å². The van der Waals surface area contributed by atoms with Crippen molar-refractivity contribution in [2.24, 2.45) is 0 Å². The molecule has 2 aromatic carbocycles. The molecule has 144 valence electrons. The second-order valence-electron chi connectivity index (χ2n) is 6.54. The molecule has 1 aromatic heterocycles. The summed E-state index contributed by atoms with van der Waals surface area (Å²) in [5.74, 6) is 1.71. The van der Waals surface area contributed by atoms with E-state index in [0.717, 1.165) is 11.3 Å². The summed E-state index contributed by atoms with van der Waals surface area (Å²) >= 11 is 0. The summed E-state index contributed by atoms with van der Waals surface area (Å²) in [6.45, 7) is 0.398. The van der Waals surface area contributed by atoms with Crippen LogP contribution >= 0.6 is 0 Å². The number of tetrazole rings is 1. The van der Waals surface area contributed by atoms with Gasteiger partial charge < -0.3 is 14.8 Å². The van der Waals surface area contributed by atoms with Gasteiger partial charge in [0.2, 0.25) is 12.7 Å². The van der Waals surface area contributed by atoms with Gasteiger partial charge in [0.1, 0.15) is 6.04 Å². The van der Waals surface area contributed by atoms with Crippen molar-refractivity contribution in [3.63, 3.8) is 0 Å². The third kappa shape index (κ3) is 3.52. The molecule has 4 rings (SSSR count). The van der Waals surface area contributed by atoms with Gasteiger partial charge in [-0.2, -0.15) is 4.68 Å². The first-order valence-corrected chi connectivity index (χ1v) is 8.80. The molecule has 1 aliphatic rings. The van der Waals surface area contributed by atoms with Gasteiger partial charge in [-0.1, -0.05) is 24.3 Å². The van der Waals surface area contributed by atoms with Gasteiger partial charge in [-0.3, -0.25) is 9.69 Å². The first-order valence-electron chi connectivity index (χ1n) is 8.80. The van der Waals surface area contributed by atoms with Crippen LogP contribution in [-0.2, 0) is 11.3 Å². The summed E-state index contributed by atoms with van der Waals surface area (Å²) in [7, 11) is 3.70. The van der Waals surface area contributed by atoms with Crippen LogP contribution in [-0.4, -0.2) is 51.9 Å². The van der Waals surface area contributed by atoms with E-state index >= 15 is 0 Å². The Morgan fingerprint density at radius 3 is 2.75 bits per heavy atom. The maximum Gasteiger partial charge on any atom is 0.242 e. The Morgan fingerprint density at radius 2 is 1.96 bits per heavy atom. The molecule has 0 fully saturated rings. The SMILES string of the molecule is CN(C)C(C(=O)NCc1nnnn1-c1ccccc1)c1ccc2c(c1)OCO2. The van der Waals surface area contributed by atoms with Crippen LogP contribution in [0.3, 0.4) is 0 Å². The number of amides is 1. The molecule has 1 unspecified atom stereocenters. The number of rotatable bonds is 6. The van der Waals surface area contributed by atoms with Gasteiger partial charge in [-0.05, 0) is 54.4 Å². The molecular weight excluding hydrogens is 360 g/mol. The van der Waals surface area contributed by atoms with Crippen LogP contribution in [0.5, 0.6) is 11.5 Å². The van der Waals surface area contributed by atoms with E-state index in [0.29, 0.717) is 17.3 Å². The maximum absolute atomic E-state index is 12.9. The van der Waals surface area contributed by atoms with Crippen molar-refractivity contribution in [1.29, 1.82) is 0 Å². The highest BCUT2D eigenvalue weighted by atomic mass is 16.7. The molecule has 1 aliphatic heterocycles. The Balaban J connectivity index is 1.50. The molecule has 0 radical (unpaired) electrons. The number of fused-ring (bicyclic) bond motifs is 1. The first-order chi connectivity index (χ1) is 13.6. The Hall–Kier alpha value is -3.46. The highest BCUT2D eigenvalue weighted by Gasteiger charge is 2.26. The van der Waals surface area contributed by atoms with Gasteiger partial charge in [0.15, 0.2) is 17.3 Å². The van der Waals surface area contributed by atoms with E-state index in [1.54, 1.807) is 4.68 Å². The van der Waals surface area contributed by atoms with Crippen molar-refractivity contribution in [1.82, 2.24) is 30.4 Å². The lowest BCUT2D eigenvalue weighted by Crippen LogP contribution is -2.37. The Bertz CT molecular complexity index is 973. The fraction of sp³-hybridized carbons (Fsp3) is 0.263. The van der Waals surface area contributed by atoms with E-state index in [9.17, 15) is 4.79 Å². The second kappa shape index (κ2) is 7.65. The lowest BCUT2D eigenvalue weighted by molar-refractivity contribution is -0.126. The number of benzene rings is 2. The van der Waals surface area contributed by atoms with Crippen LogP contribution in [0, 0.1) is 0 Å². The molecule has 2 heterocycles. The van der Waals surface area contributed by atoms with Gasteiger partial charge in [0, 0.05) is 0 Å². The normalized spacial score (nSPS) is 13.5. The minimum absolute atomic E-state index is 0.161. The number of ether oxygens (including phenoxy) is 2. The zero-order valence-electron chi connectivity index (χ0n) is 15.6. The number of nitrogens with zero attached hydrogens (tertiary/aromatic N) is 5. The van der Waals surface area contributed by atoms with E-state index in [1.165, 1.54) is 0 Å². The quantitative estimate of drug-likeness (QED) is 0.689. The number of likely N-dealkylation sites (N-methyl/N-ethyl adjacent to an activating group) is 1. The molecule has 28 heavy (non-hydrogen) atoms. The van der Waals surface area contributed by atoms with Crippen LogP contribution in [0.4, 0.5) is 0 Å². The number of hydrogen-bond donors (Lipinski definition) is 1. The molecule has 3 aromatic rings. The van der Waals surface area contributed by atoms with Crippen LogP contribution in [0.1, 0.15) is 17.4 Å². The number of carbonyl (C=O) groups is 1. The third-order valence-electron chi connectivity index (χ3n) is 4.43. The van der Waals surface area contributed by atoms with Gasteiger partial charge >= 0.3 is 0 Å². The molecule has 9 heteroatoms. The predicted octanol–water partition coefficient (Wildman–Crippen LogP) is 1.31. The topological polar surface area (TPSA) is 94.4 Å². The molecule has 0 saturated heterocycles. The van der Waals surface area contributed by atoms with Gasteiger partial charge in [-0.25, -0.2) is 0 Å². The molecule has 0 spiro atoms. The van der Waals surface area contributed by atoms with Crippen LogP contribution < -0.4 is 14.8 Å². The minimum atomic E-state index is -0.490. The van der Waals surface area contributed by atoms with Crippen molar-refractivity contribution in [3.8, 4) is 17.2 Å². The number of para-hydroxylation sites is 1. The zero-order valence-corrected chi connectivity index (χ0v) is 15.6. The van der Waals surface area contributed by atoms with E-state index in [4.69, 9.17) is 9.47 Å². The summed E-state index contributed by atoms with van der Waals surface area (Å²) in [5.41, 5.74) is 1.64. The fourth-order valence-corrected chi connectivity index (χ4v) is 3.12.